The van der Waals surface area contributed by atoms with Crippen molar-refractivity contribution in [3.05, 3.63) is 70.5 Å². The lowest BCUT2D eigenvalue weighted by molar-refractivity contribution is -0.139. The summed E-state index contributed by atoms with van der Waals surface area (Å²) in [4.78, 5) is 27.1. The number of hydrogen-bond acceptors (Lipinski definition) is 3. The number of likely N-dealkylation sites (N-methyl/N-ethyl adjacent to an activating group) is 1. The molecule has 0 unspecified atom stereocenters. The number of rotatable bonds is 10. The van der Waals surface area contributed by atoms with Gasteiger partial charge in [0.15, 0.2) is 0 Å². The van der Waals surface area contributed by atoms with Crippen molar-refractivity contribution in [2.24, 2.45) is 0 Å². The third kappa shape index (κ3) is 6.75. The first-order chi connectivity index (χ1) is 14.0. The van der Waals surface area contributed by atoms with Gasteiger partial charge in [-0.05, 0) is 31.0 Å². The summed E-state index contributed by atoms with van der Waals surface area (Å²) in [5.41, 5.74) is 1.34. The number of nitrogens with one attached hydrogen (secondary N) is 1. The fraction of sp³-hybridized carbons (Fsp3) is 0.364. The second-order valence-electron chi connectivity index (χ2n) is 6.52. The second kappa shape index (κ2) is 11.8. The summed E-state index contributed by atoms with van der Waals surface area (Å²) < 4.78 is 13.9. The monoisotopic (exact) mass is 436 g/mol. The van der Waals surface area contributed by atoms with Crippen molar-refractivity contribution in [1.29, 1.82) is 0 Å². The Hall–Kier alpha value is -2.05. The zero-order chi connectivity index (χ0) is 21.2. The second-order valence-corrected chi connectivity index (χ2v) is 7.91. The molecule has 0 bridgehead atoms. The Morgan fingerprint density at radius 1 is 1.14 bits per heavy atom. The summed E-state index contributed by atoms with van der Waals surface area (Å²) in [6.07, 6.45) is 0.508. The van der Waals surface area contributed by atoms with Crippen LogP contribution in [0.1, 0.15) is 31.4 Å². The Morgan fingerprint density at radius 3 is 2.48 bits per heavy atom. The molecule has 29 heavy (non-hydrogen) atoms. The van der Waals surface area contributed by atoms with Crippen molar-refractivity contribution >= 4 is 35.2 Å². The maximum Gasteiger partial charge on any atom is 0.242 e. The minimum atomic E-state index is -0.555. The van der Waals surface area contributed by atoms with E-state index in [1.165, 1.54) is 17.8 Å². The average Bonchev–Trinajstić information content (AvgIpc) is 2.71. The van der Waals surface area contributed by atoms with Crippen LogP contribution in [-0.2, 0) is 21.9 Å². The van der Waals surface area contributed by atoms with Gasteiger partial charge in [0, 0.05) is 29.4 Å². The minimum absolute atomic E-state index is 0.132. The van der Waals surface area contributed by atoms with Crippen LogP contribution in [0.5, 0.6) is 0 Å². The van der Waals surface area contributed by atoms with Crippen LogP contribution in [0.2, 0.25) is 5.02 Å². The van der Waals surface area contributed by atoms with Gasteiger partial charge in [-0.3, -0.25) is 9.59 Å². The Bertz CT molecular complexity index is 799. The van der Waals surface area contributed by atoms with Crippen molar-refractivity contribution < 1.29 is 14.0 Å². The molecule has 156 valence electrons. The molecule has 0 aliphatic rings. The van der Waals surface area contributed by atoms with Crippen LogP contribution in [0.15, 0.2) is 48.5 Å². The molecular formula is C22H26ClFN2O2S. The maximum absolute atomic E-state index is 13.9. The molecule has 0 aliphatic heterocycles. The molecule has 0 fully saturated rings. The minimum Gasteiger partial charge on any atom is -0.355 e. The number of hydrogen-bond donors (Lipinski definition) is 1. The summed E-state index contributed by atoms with van der Waals surface area (Å²) in [6, 6.07) is 13.6. The number of halogens is 2. The van der Waals surface area contributed by atoms with Gasteiger partial charge in [0.2, 0.25) is 11.8 Å². The molecule has 2 aromatic carbocycles. The normalized spacial score (nSPS) is 11.7. The third-order valence-corrected chi connectivity index (χ3v) is 5.76. The molecular weight excluding hydrogens is 411 g/mol. The van der Waals surface area contributed by atoms with Crippen LogP contribution in [0.3, 0.4) is 0 Å². The molecule has 0 aromatic heterocycles. The Morgan fingerprint density at radius 2 is 1.86 bits per heavy atom. The molecule has 0 saturated carbocycles. The van der Waals surface area contributed by atoms with E-state index in [0.29, 0.717) is 30.1 Å². The highest BCUT2D eigenvalue weighted by Crippen LogP contribution is 2.24. The summed E-state index contributed by atoms with van der Waals surface area (Å²) in [5, 5.41) is 3.15. The lowest BCUT2D eigenvalue weighted by atomic mass is 10.1. The van der Waals surface area contributed by atoms with Gasteiger partial charge < -0.3 is 10.2 Å². The van der Waals surface area contributed by atoms with Gasteiger partial charge in [0.1, 0.15) is 11.9 Å². The molecule has 0 heterocycles. The number of thioether (sulfide) groups is 1. The van der Waals surface area contributed by atoms with Crippen molar-refractivity contribution in [2.45, 2.75) is 38.6 Å². The summed E-state index contributed by atoms with van der Waals surface area (Å²) in [5.74, 6) is -0.292. The number of carbonyl (C=O) groups is 2. The number of carbonyl (C=O) groups excluding carboxylic acids is 2. The smallest absolute Gasteiger partial charge is 0.242 e. The molecule has 0 saturated heterocycles. The predicted molar refractivity (Wildman–Crippen MR) is 117 cm³/mol. The van der Waals surface area contributed by atoms with Crippen molar-refractivity contribution in [1.82, 2.24) is 10.2 Å². The SMILES string of the molecule is CCNC(=O)[C@@H](CC)N(Cc1ccccc1)C(=O)CSCc1c(F)cccc1Cl. The van der Waals surface area contributed by atoms with E-state index in [9.17, 15) is 14.0 Å². The highest BCUT2D eigenvalue weighted by Gasteiger charge is 2.28. The van der Waals surface area contributed by atoms with E-state index in [-0.39, 0.29) is 29.1 Å². The van der Waals surface area contributed by atoms with Gasteiger partial charge in [-0.2, -0.15) is 0 Å². The molecule has 4 nitrogen and oxygen atoms in total. The van der Waals surface area contributed by atoms with E-state index in [2.05, 4.69) is 5.32 Å². The van der Waals surface area contributed by atoms with Crippen molar-refractivity contribution in [3.8, 4) is 0 Å². The fourth-order valence-electron chi connectivity index (χ4n) is 2.99. The topological polar surface area (TPSA) is 49.4 Å². The first kappa shape index (κ1) is 23.2. The molecule has 0 spiro atoms. The lowest BCUT2D eigenvalue weighted by Crippen LogP contribution is -2.49. The predicted octanol–water partition coefficient (Wildman–Crippen LogP) is 4.66. The first-order valence-corrected chi connectivity index (χ1v) is 11.1. The van der Waals surface area contributed by atoms with E-state index >= 15 is 0 Å². The molecule has 1 N–H and O–H groups in total. The van der Waals surface area contributed by atoms with E-state index in [0.717, 1.165) is 5.56 Å². The van der Waals surface area contributed by atoms with Gasteiger partial charge in [-0.15, -0.1) is 11.8 Å². The van der Waals surface area contributed by atoms with Crippen LogP contribution in [-0.4, -0.2) is 35.1 Å². The van der Waals surface area contributed by atoms with E-state index in [1.54, 1.807) is 17.0 Å². The standard InChI is InChI=1S/C22H26ClFN2O2S/c1-3-20(22(28)25-4-2)26(13-16-9-6-5-7-10-16)21(27)15-29-14-17-18(23)11-8-12-19(17)24/h5-12,20H,3-4,13-15H2,1-2H3,(H,25,28)/t20-/m1/s1. The van der Waals surface area contributed by atoms with Crippen LogP contribution >= 0.6 is 23.4 Å². The summed E-state index contributed by atoms with van der Waals surface area (Å²) >= 11 is 7.35. The highest BCUT2D eigenvalue weighted by atomic mass is 35.5. The van der Waals surface area contributed by atoms with Crippen LogP contribution in [0, 0.1) is 5.82 Å². The van der Waals surface area contributed by atoms with Gasteiger partial charge in [-0.25, -0.2) is 4.39 Å². The van der Waals surface area contributed by atoms with Crippen molar-refractivity contribution in [3.63, 3.8) is 0 Å². The molecule has 0 aliphatic carbocycles. The largest absolute Gasteiger partial charge is 0.355 e. The zero-order valence-corrected chi connectivity index (χ0v) is 18.2. The summed E-state index contributed by atoms with van der Waals surface area (Å²) in [6.45, 7) is 4.58. The Labute approximate surface area is 180 Å². The molecule has 2 amide bonds. The van der Waals surface area contributed by atoms with E-state index < -0.39 is 6.04 Å². The summed E-state index contributed by atoms with van der Waals surface area (Å²) in [7, 11) is 0. The molecule has 2 aromatic rings. The molecule has 7 heteroatoms. The molecule has 2 rings (SSSR count). The Kier molecular flexibility index (Phi) is 9.48. The maximum atomic E-state index is 13.9. The van der Waals surface area contributed by atoms with Crippen molar-refractivity contribution in [2.75, 3.05) is 12.3 Å². The highest BCUT2D eigenvalue weighted by molar-refractivity contribution is 7.99. The number of amides is 2. The van der Waals surface area contributed by atoms with E-state index in [1.807, 2.05) is 44.2 Å². The van der Waals surface area contributed by atoms with Gasteiger partial charge in [0.25, 0.3) is 0 Å². The van der Waals surface area contributed by atoms with Crippen LogP contribution in [0.25, 0.3) is 0 Å². The first-order valence-electron chi connectivity index (χ1n) is 9.59. The van der Waals surface area contributed by atoms with Crippen LogP contribution in [0.4, 0.5) is 4.39 Å². The lowest BCUT2D eigenvalue weighted by Gasteiger charge is -2.30. The molecule has 1 atom stereocenters. The fourth-order valence-corrected chi connectivity index (χ4v) is 4.23. The van der Waals surface area contributed by atoms with Gasteiger partial charge >= 0.3 is 0 Å². The van der Waals surface area contributed by atoms with Gasteiger partial charge in [0.05, 0.1) is 5.75 Å². The number of nitrogens with zero attached hydrogens (tertiary/aromatic N) is 1. The zero-order valence-electron chi connectivity index (χ0n) is 16.7. The average molecular weight is 437 g/mol. The van der Waals surface area contributed by atoms with E-state index in [4.69, 9.17) is 11.6 Å². The van der Waals surface area contributed by atoms with Gasteiger partial charge in [-0.1, -0.05) is 54.9 Å². The number of benzene rings is 2. The molecule has 0 radical (unpaired) electrons. The quantitative estimate of drug-likeness (QED) is 0.589. The third-order valence-electron chi connectivity index (χ3n) is 4.47. The van der Waals surface area contributed by atoms with Crippen LogP contribution < -0.4 is 5.32 Å². The Balaban J connectivity index is 2.11.